The largest absolute Gasteiger partial charge is 0.299 e. The molecule has 90 valence electrons. The minimum Gasteiger partial charge on any atom is -0.299 e. The van der Waals surface area contributed by atoms with Crippen LogP contribution in [0.15, 0.2) is 29.1 Å². The Hall–Kier alpha value is -1.77. The predicted octanol–water partition coefficient (Wildman–Crippen LogP) is 2.71. The fraction of sp³-hybridized carbons (Fsp3) is 0.357. The lowest BCUT2D eigenvalue weighted by Crippen LogP contribution is -2.21. The van der Waals surface area contributed by atoms with E-state index in [0.717, 1.165) is 11.3 Å². The van der Waals surface area contributed by atoms with Crippen molar-refractivity contribution in [3.63, 3.8) is 0 Å². The van der Waals surface area contributed by atoms with Gasteiger partial charge in [-0.3, -0.25) is 9.89 Å². The Bertz CT molecular complexity index is 572. The molecule has 1 unspecified atom stereocenters. The molecule has 3 nitrogen and oxygen atoms in total. The summed E-state index contributed by atoms with van der Waals surface area (Å²) in [5, 5.41) is 3.09. The fourth-order valence-electron chi connectivity index (χ4n) is 2.22. The van der Waals surface area contributed by atoms with Gasteiger partial charge in [-0.1, -0.05) is 29.3 Å². The van der Waals surface area contributed by atoms with Gasteiger partial charge in [0.1, 0.15) is 0 Å². The first-order valence-electron chi connectivity index (χ1n) is 5.83. The van der Waals surface area contributed by atoms with Gasteiger partial charge in [0.2, 0.25) is 0 Å². The molecule has 1 atom stereocenters. The van der Waals surface area contributed by atoms with Crippen molar-refractivity contribution in [2.24, 2.45) is 0 Å². The molecule has 0 amide bonds. The van der Waals surface area contributed by atoms with E-state index in [1.54, 1.807) is 10.7 Å². The number of benzene rings is 1. The van der Waals surface area contributed by atoms with E-state index in [0.29, 0.717) is 0 Å². The molecule has 0 saturated carbocycles. The van der Waals surface area contributed by atoms with Crippen LogP contribution >= 0.6 is 0 Å². The molecule has 2 rings (SSSR count). The van der Waals surface area contributed by atoms with Crippen LogP contribution in [0.25, 0.3) is 0 Å². The first-order valence-corrected chi connectivity index (χ1v) is 5.83. The van der Waals surface area contributed by atoms with Crippen LogP contribution in [0.5, 0.6) is 0 Å². The van der Waals surface area contributed by atoms with Crippen LogP contribution in [0.3, 0.4) is 0 Å². The maximum absolute atomic E-state index is 11.8. The van der Waals surface area contributed by atoms with Crippen LogP contribution in [-0.2, 0) is 0 Å². The molecule has 2 aromatic rings. The highest BCUT2D eigenvalue weighted by molar-refractivity contribution is 5.30. The van der Waals surface area contributed by atoms with Crippen LogP contribution < -0.4 is 5.56 Å². The molecule has 0 radical (unpaired) electrons. The number of H-pyrrole nitrogens is 1. The molecule has 0 saturated heterocycles. The Morgan fingerprint density at radius 3 is 2.12 bits per heavy atom. The van der Waals surface area contributed by atoms with Gasteiger partial charge in [0, 0.05) is 11.8 Å². The smallest absolute Gasteiger partial charge is 0.267 e. The van der Waals surface area contributed by atoms with Gasteiger partial charge < -0.3 is 0 Å². The number of aryl methyl sites for hydroxylation is 3. The lowest BCUT2D eigenvalue weighted by Gasteiger charge is -2.14. The molecule has 3 heteroatoms. The Labute approximate surface area is 101 Å². The first kappa shape index (κ1) is 11.7. The van der Waals surface area contributed by atoms with Crippen molar-refractivity contribution >= 4 is 0 Å². The van der Waals surface area contributed by atoms with Crippen LogP contribution in [0.2, 0.25) is 0 Å². The van der Waals surface area contributed by atoms with Crippen molar-refractivity contribution in [3.05, 3.63) is 57.0 Å². The zero-order valence-electron chi connectivity index (χ0n) is 10.7. The minimum absolute atomic E-state index is 0.0224. The summed E-state index contributed by atoms with van der Waals surface area (Å²) in [5.41, 5.74) is 4.53. The number of nitrogens with zero attached hydrogens (tertiary/aromatic N) is 1. The quantitative estimate of drug-likeness (QED) is 0.846. The fourth-order valence-corrected chi connectivity index (χ4v) is 2.22. The molecule has 0 bridgehead atoms. The lowest BCUT2D eigenvalue weighted by atomic mass is 10.0. The summed E-state index contributed by atoms with van der Waals surface area (Å²) in [5.74, 6) is 0. The Morgan fingerprint density at radius 2 is 1.65 bits per heavy atom. The molecule has 0 aliphatic carbocycles. The van der Waals surface area contributed by atoms with Gasteiger partial charge in [0.15, 0.2) is 0 Å². The molecular weight excluding hydrogens is 212 g/mol. The molecule has 0 aliphatic heterocycles. The summed E-state index contributed by atoms with van der Waals surface area (Å²) >= 11 is 0. The number of hydrogen-bond donors (Lipinski definition) is 1. The van der Waals surface area contributed by atoms with Crippen LogP contribution in [-0.4, -0.2) is 9.78 Å². The molecule has 0 fully saturated rings. The van der Waals surface area contributed by atoms with E-state index in [9.17, 15) is 4.79 Å². The van der Waals surface area contributed by atoms with E-state index in [2.05, 4.69) is 37.1 Å². The van der Waals surface area contributed by atoms with Crippen LogP contribution in [0, 0.1) is 20.8 Å². The van der Waals surface area contributed by atoms with E-state index in [-0.39, 0.29) is 11.6 Å². The third-order valence-corrected chi connectivity index (χ3v) is 2.99. The standard InChI is InChI=1S/C14H18N2O/c1-9-5-10(2)7-13(6-9)12(4)16-14(17)8-11(3)15-16/h5-8,12,15H,1-4H3. The second kappa shape index (κ2) is 4.24. The summed E-state index contributed by atoms with van der Waals surface area (Å²) in [6.45, 7) is 8.08. The average molecular weight is 230 g/mol. The number of nitrogens with one attached hydrogen (secondary N) is 1. The van der Waals surface area contributed by atoms with Gasteiger partial charge >= 0.3 is 0 Å². The van der Waals surface area contributed by atoms with E-state index >= 15 is 0 Å². The van der Waals surface area contributed by atoms with E-state index in [1.807, 2.05) is 13.8 Å². The SMILES string of the molecule is Cc1cc(C)cc(C(C)n2[nH]c(C)cc2=O)c1. The Kier molecular flexibility index (Phi) is 2.92. The summed E-state index contributed by atoms with van der Waals surface area (Å²) in [6.07, 6.45) is 0. The van der Waals surface area contributed by atoms with E-state index in [1.165, 1.54) is 11.1 Å². The van der Waals surface area contributed by atoms with Crippen molar-refractivity contribution in [2.75, 3.05) is 0 Å². The third-order valence-electron chi connectivity index (χ3n) is 2.99. The average Bonchev–Trinajstić information content (AvgIpc) is 2.55. The topological polar surface area (TPSA) is 37.8 Å². The number of rotatable bonds is 2. The Balaban J connectivity index is 2.46. The lowest BCUT2D eigenvalue weighted by molar-refractivity contribution is 0.544. The van der Waals surface area contributed by atoms with Gasteiger partial charge in [0.25, 0.3) is 5.56 Å². The van der Waals surface area contributed by atoms with E-state index in [4.69, 9.17) is 0 Å². The summed E-state index contributed by atoms with van der Waals surface area (Å²) in [6, 6.07) is 8.05. The Morgan fingerprint density at radius 1 is 1.06 bits per heavy atom. The summed E-state index contributed by atoms with van der Waals surface area (Å²) in [4.78, 5) is 11.8. The number of hydrogen-bond acceptors (Lipinski definition) is 1. The number of aromatic nitrogens is 2. The monoisotopic (exact) mass is 230 g/mol. The maximum Gasteiger partial charge on any atom is 0.267 e. The van der Waals surface area contributed by atoms with Crippen molar-refractivity contribution in [1.29, 1.82) is 0 Å². The summed E-state index contributed by atoms with van der Waals surface area (Å²) < 4.78 is 1.67. The first-order chi connectivity index (χ1) is 7.97. The van der Waals surface area contributed by atoms with Gasteiger partial charge in [0.05, 0.1) is 6.04 Å². The molecule has 1 N–H and O–H groups in total. The summed E-state index contributed by atoms with van der Waals surface area (Å²) in [7, 11) is 0. The second-order valence-corrected chi connectivity index (χ2v) is 4.74. The van der Waals surface area contributed by atoms with Gasteiger partial charge in [-0.2, -0.15) is 0 Å². The van der Waals surface area contributed by atoms with Gasteiger partial charge in [-0.25, -0.2) is 4.68 Å². The molecule has 17 heavy (non-hydrogen) atoms. The third kappa shape index (κ3) is 2.33. The van der Waals surface area contributed by atoms with Gasteiger partial charge in [-0.05, 0) is 33.3 Å². The second-order valence-electron chi connectivity index (χ2n) is 4.74. The van der Waals surface area contributed by atoms with Crippen molar-refractivity contribution in [3.8, 4) is 0 Å². The highest BCUT2D eigenvalue weighted by atomic mass is 16.1. The predicted molar refractivity (Wildman–Crippen MR) is 69.5 cm³/mol. The van der Waals surface area contributed by atoms with Crippen LogP contribution in [0.1, 0.15) is 35.3 Å². The van der Waals surface area contributed by atoms with Crippen molar-refractivity contribution in [2.45, 2.75) is 33.7 Å². The zero-order chi connectivity index (χ0) is 12.6. The minimum atomic E-state index is 0.0224. The zero-order valence-corrected chi connectivity index (χ0v) is 10.7. The maximum atomic E-state index is 11.8. The van der Waals surface area contributed by atoms with Crippen LogP contribution in [0.4, 0.5) is 0 Å². The van der Waals surface area contributed by atoms with E-state index < -0.39 is 0 Å². The number of aromatic amines is 1. The molecular formula is C14H18N2O. The van der Waals surface area contributed by atoms with Crippen molar-refractivity contribution in [1.82, 2.24) is 9.78 Å². The highest BCUT2D eigenvalue weighted by Crippen LogP contribution is 2.18. The molecule has 1 heterocycles. The van der Waals surface area contributed by atoms with Gasteiger partial charge in [-0.15, -0.1) is 0 Å². The van der Waals surface area contributed by atoms with Crippen molar-refractivity contribution < 1.29 is 0 Å². The molecule has 1 aromatic carbocycles. The molecule has 0 aliphatic rings. The molecule has 0 spiro atoms. The molecule has 1 aromatic heterocycles. The highest BCUT2D eigenvalue weighted by Gasteiger charge is 2.11. The normalized spacial score (nSPS) is 12.7.